The summed E-state index contributed by atoms with van der Waals surface area (Å²) in [6, 6.07) is 6.25. The number of halogens is 1. The second kappa shape index (κ2) is 2.42. The number of fused-ring (bicyclic) bond motifs is 2. The average molecular weight is 194 g/mol. The lowest BCUT2D eigenvalue weighted by Gasteiger charge is -2.26. The molecule has 0 amide bonds. The number of rotatable bonds is 0. The Morgan fingerprint density at radius 3 is 2.85 bits per heavy atom. The van der Waals surface area contributed by atoms with E-state index in [0.717, 1.165) is 11.6 Å². The first-order valence-electron chi connectivity index (χ1n) is 4.84. The van der Waals surface area contributed by atoms with Gasteiger partial charge in [-0.25, -0.2) is 0 Å². The van der Waals surface area contributed by atoms with Crippen molar-refractivity contribution in [3.8, 4) is 0 Å². The number of benzene rings is 1. The zero-order valence-corrected chi connectivity index (χ0v) is 8.19. The van der Waals surface area contributed by atoms with Crippen LogP contribution in [0.1, 0.15) is 24.8 Å². The molecule has 13 heavy (non-hydrogen) atoms. The maximum Gasteiger partial charge on any atom is 0.0426 e. The van der Waals surface area contributed by atoms with Crippen molar-refractivity contribution in [3.05, 3.63) is 28.8 Å². The van der Waals surface area contributed by atoms with Crippen molar-refractivity contribution in [3.63, 3.8) is 0 Å². The fourth-order valence-electron chi connectivity index (χ4n) is 2.37. The van der Waals surface area contributed by atoms with Gasteiger partial charge in [-0.15, -0.1) is 0 Å². The second-order valence-corrected chi connectivity index (χ2v) is 4.58. The molecular formula is C11H12ClN. The summed E-state index contributed by atoms with van der Waals surface area (Å²) in [5.41, 5.74) is 3.28. The minimum atomic E-state index is 0.533. The Kier molecular flexibility index (Phi) is 1.43. The van der Waals surface area contributed by atoms with Crippen molar-refractivity contribution >= 4 is 17.3 Å². The quantitative estimate of drug-likeness (QED) is 0.668. The predicted molar refractivity (Wildman–Crippen MR) is 55.5 cm³/mol. The normalized spacial score (nSPS) is 22.2. The number of nitrogens with one attached hydrogen (secondary N) is 1. The van der Waals surface area contributed by atoms with Gasteiger partial charge in [0.2, 0.25) is 0 Å². The maximum absolute atomic E-state index is 5.95. The minimum absolute atomic E-state index is 0.533. The third-order valence-electron chi connectivity index (χ3n) is 3.33. The highest BCUT2D eigenvalue weighted by Crippen LogP contribution is 2.55. The Balaban J connectivity index is 2.15. The third-order valence-corrected chi connectivity index (χ3v) is 3.56. The summed E-state index contributed by atoms with van der Waals surface area (Å²) in [5.74, 6) is 0. The van der Waals surface area contributed by atoms with Crippen LogP contribution in [0.15, 0.2) is 18.2 Å². The molecule has 1 fully saturated rings. The third kappa shape index (κ3) is 1.07. The molecule has 0 bridgehead atoms. The van der Waals surface area contributed by atoms with Crippen molar-refractivity contribution in [1.29, 1.82) is 0 Å². The van der Waals surface area contributed by atoms with Crippen LogP contribution in [0.3, 0.4) is 0 Å². The first-order chi connectivity index (χ1) is 6.30. The van der Waals surface area contributed by atoms with E-state index in [-0.39, 0.29) is 0 Å². The van der Waals surface area contributed by atoms with Crippen LogP contribution in [-0.4, -0.2) is 6.54 Å². The zero-order valence-electron chi connectivity index (χ0n) is 7.44. The zero-order chi connectivity index (χ0) is 8.89. The van der Waals surface area contributed by atoms with Gasteiger partial charge in [0.15, 0.2) is 0 Å². The Morgan fingerprint density at radius 1 is 1.23 bits per heavy atom. The van der Waals surface area contributed by atoms with E-state index in [9.17, 15) is 0 Å². The van der Waals surface area contributed by atoms with Gasteiger partial charge in [-0.2, -0.15) is 0 Å². The van der Waals surface area contributed by atoms with E-state index < -0.39 is 0 Å². The SMILES string of the molecule is Clc1ccc2c(c1)NCCC21CC1. The Labute approximate surface area is 83.1 Å². The van der Waals surface area contributed by atoms with E-state index in [1.54, 1.807) is 0 Å². The molecule has 2 heteroatoms. The average Bonchev–Trinajstić information content (AvgIpc) is 2.86. The molecule has 0 unspecified atom stereocenters. The van der Waals surface area contributed by atoms with Crippen molar-refractivity contribution in [1.82, 2.24) is 0 Å². The van der Waals surface area contributed by atoms with Crippen LogP contribution in [0.5, 0.6) is 0 Å². The first-order valence-corrected chi connectivity index (χ1v) is 5.22. The van der Waals surface area contributed by atoms with E-state index in [4.69, 9.17) is 11.6 Å². The topological polar surface area (TPSA) is 12.0 Å². The number of hydrogen-bond acceptors (Lipinski definition) is 1. The molecule has 1 N–H and O–H groups in total. The minimum Gasteiger partial charge on any atom is -0.385 e. The largest absolute Gasteiger partial charge is 0.385 e. The van der Waals surface area contributed by atoms with E-state index >= 15 is 0 Å². The summed E-state index contributed by atoms with van der Waals surface area (Å²) < 4.78 is 0. The molecule has 1 aromatic rings. The first kappa shape index (κ1) is 7.69. The van der Waals surface area contributed by atoms with Gasteiger partial charge in [0.05, 0.1) is 0 Å². The Hall–Kier alpha value is -0.690. The van der Waals surface area contributed by atoms with Crippen LogP contribution in [-0.2, 0) is 5.41 Å². The Bertz CT molecular complexity index is 355. The highest BCUT2D eigenvalue weighted by atomic mass is 35.5. The summed E-state index contributed by atoms with van der Waals surface area (Å²) in [6.45, 7) is 1.10. The smallest absolute Gasteiger partial charge is 0.0426 e. The molecule has 2 aliphatic rings. The molecule has 0 aromatic heterocycles. The van der Waals surface area contributed by atoms with E-state index in [2.05, 4.69) is 17.4 Å². The Morgan fingerprint density at radius 2 is 2.08 bits per heavy atom. The summed E-state index contributed by atoms with van der Waals surface area (Å²) in [7, 11) is 0. The molecule has 0 saturated heterocycles. The molecule has 1 nitrogen and oxygen atoms in total. The molecule has 3 rings (SSSR count). The summed E-state index contributed by atoms with van der Waals surface area (Å²) >= 11 is 5.95. The maximum atomic E-state index is 5.95. The van der Waals surface area contributed by atoms with E-state index in [1.165, 1.54) is 30.5 Å². The van der Waals surface area contributed by atoms with Gasteiger partial charge in [-0.3, -0.25) is 0 Å². The van der Waals surface area contributed by atoms with Crippen molar-refractivity contribution < 1.29 is 0 Å². The number of hydrogen-bond donors (Lipinski definition) is 1. The standard InChI is InChI=1S/C11H12ClN/c12-8-1-2-9-10(7-8)13-6-5-11(9)3-4-11/h1-2,7,13H,3-6H2. The summed E-state index contributed by atoms with van der Waals surface area (Å²) in [5, 5.41) is 4.25. The van der Waals surface area contributed by atoms with Crippen LogP contribution >= 0.6 is 11.6 Å². The fourth-order valence-corrected chi connectivity index (χ4v) is 2.54. The monoisotopic (exact) mass is 193 g/mol. The van der Waals surface area contributed by atoms with Crippen LogP contribution in [0.4, 0.5) is 5.69 Å². The van der Waals surface area contributed by atoms with Gasteiger partial charge >= 0.3 is 0 Å². The lowest BCUT2D eigenvalue weighted by atomic mass is 9.88. The summed E-state index contributed by atoms with van der Waals surface area (Å²) in [6.07, 6.45) is 4.02. The van der Waals surface area contributed by atoms with Crippen LogP contribution in [0.25, 0.3) is 0 Å². The van der Waals surface area contributed by atoms with Crippen molar-refractivity contribution in [2.45, 2.75) is 24.7 Å². The molecule has 0 atom stereocenters. The molecule has 1 aromatic carbocycles. The molecule has 1 aliphatic carbocycles. The molecule has 1 spiro atoms. The highest BCUT2D eigenvalue weighted by molar-refractivity contribution is 6.30. The molecule has 68 valence electrons. The highest BCUT2D eigenvalue weighted by Gasteiger charge is 2.46. The summed E-state index contributed by atoms with van der Waals surface area (Å²) in [4.78, 5) is 0. The van der Waals surface area contributed by atoms with Gasteiger partial charge < -0.3 is 5.32 Å². The molecule has 1 saturated carbocycles. The fraction of sp³-hybridized carbons (Fsp3) is 0.455. The van der Waals surface area contributed by atoms with E-state index in [0.29, 0.717) is 5.41 Å². The molecule has 1 heterocycles. The van der Waals surface area contributed by atoms with Crippen LogP contribution in [0, 0.1) is 0 Å². The lowest BCUT2D eigenvalue weighted by Crippen LogP contribution is -2.21. The van der Waals surface area contributed by atoms with Crippen molar-refractivity contribution in [2.75, 3.05) is 11.9 Å². The predicted octanol–water partition coefficient (Wildman–Crippen LogP) is 3.19. The molecular weight excluding hydrogens is 182 g/mol. The van der Waals surface area contributed by atoms with Crippen LogP contribution in [0.2, 0.25) is 5.02 Å². The lowest BCUT2D eigenvalue weighted by molar-refractivity contribution is 0.622. The number of anilines is 1. The van der Waals surface area contributed by atoms with Gasteiger partial charge in [0, 0.05) is 17.3 Å². The van der Waals surface area contributed by atoms with E-state index in [1.807, 2.05) is 6.07 Å². The van der Waals surface area contributed by atoms with Crippen LogP contribution < -0.4 is 5.32 Å². The molecule has 0 radical (unpaired) electrons. The van der Waals surface area contributed by atoms with Gasteiger partial charge in [0.25, 0.3) is 0 Å². The van der Waals surface area contributed by atoms with Gasteiger partial charge in [0.1, 0.15) is 0 Å². The van der Waals surface area contributed by atoms with Crippen molar-refractivity contribution in [2.24, 2.45) is 0 Å². The second-order valence-electron chi connectivity index (χ2n) is 4.15. The molecule has 1 aliphatic heterocycles. The van der Waals surface area contributed by atoms with Gasteiger partial charge in [-0.1, -0.05) is 17.7 Å². The van der Waals surface area contributed by atoms with Gasteiger partial charge in [-0.05, 0) is 42.4 Å².